The zero-order valence-corrected chi connectivity index (χ0v) is 14.1. The van der Waals surface area contributed by atoms with Crippen molar-refractivity contribution < 1.29 is 9.59 Å². The van der Waals surface area contributed by atoms with Crippen LogP contribution in [-0.2, 0) is 4.79 Å². The van der Waals surface area contributed by atoms with Gasteiger partial charge >= 0.3 is 0 Å². The SMILES string of the molecule is CC(=O)c1ccc(C#N)c(N2CCC(C(=O)N3CCCC3)CC2)c1. The van der Waals surface area contributed by atoms with E-state index >= 15 is 0 Å². The predicted octanol–water partition coefficient (Wildman–Crippen LogP) is 2.60. The van der Waals surface area contributed by atoms with Crippen LogP contribution in [0.25, 0.3) is 0 Å². The Balaban J connectivity index is 1.70. The monoisotopic (exact) mass is 325 g/mol. The number of likely N-dealkylation sites (tertiary alicyclic amines) is 1. The largest absolute Gasteiger partial charge is 0.370 e. The van der Waals surface area contributed by atoms with E-state index in [0.29, 0.717) is 17.0 Å². The smallest absolute Gasteiger partial charge is 0.225 e. The summed E-state index contributed by atoms with van der Waals surface area (Å²) in [5.41, 5.74) is 2.03. The van der Waals surface area contributed by atoms with Gasteiger partial charge in [-0.05, 0) is 50.8 Å². The van der Waals surface area contributed by atoms with Gasteiger partial charge in [-0.1, -0.05) is 0 Å². The topological polar surface area (TPSA) is 64.4 Å². The third-order valence-electron chi connectivity index (χ3n) is 5.13. The highest BCUT2D eigenvalue weighted by Crippen LogP contribution is 2.29. The fourth-order valence-corrected chi connectivity index (χ4v) is 3.67. The summed E-state index contributed by atoms with van der Waals surface area (Å²) in [5.74, 6) is 0.394. The van der Waals surface area contributed by atoms with Gasteiger partial charge in [0, 0.05) is 37.7 Å². The Kier molecular flexibility index (Phi) is 4.84. The van der Waals surface area contributed by atoms with Crippen molar-refractivity contribution in [3.63, 3.8) is 0 Å². The Morgan fingerprint density at radius 2 is 1.79 bits per heavy atom. The third kappa shape index (κ3) is 3.28. The standard InChI is InChI=1S/C19H23N3O2/c1-14(23)16-4-5-17(13-20)18(12-16)21-10-6-15(7-11-21)19(24)22-8-2-3-9-22/h4-5,12,15H,2-3,6-11H2,1H3. The van der Waals surface area contributed by atoms with Crippen LogP contribution < -0.4 is 4.90 Å². The molecule has 0 atom stereocenters. The molecule has 2 aliphatic rings. The van der Waals surface area contributed by atoms with Crippen LogP contribution in [-0.4, -0.2) is 42.8 Å². The number of nitrogens with zero attached hydrogens (tertiary/aromatic N) is 3. The Labute approximate surface area is 142 Å². The number of hydrogen-bond donors (Lipinski definition) is 0. The molecule has 0 spiro atoms. The quantitative estimate of drug-likeness (QED) is 0.801. The summed E-state index contributed by atoms with van der Waals surface area (Å²) in [5, 5.41) is 9.34. The summed E-state index contributed by atoms with van der Waals surface area (Å²) in [4.78, 5) is 28.3. The number of Topliss-reactive ketones (excluding diaryl/α,β-unsaturated/α-hetero) is 1. The van der Waals surface area contributed by atoms with Gasteiger partial charge in [0.15, 0.2) is 5.78 Å². The van der Waals surface area contributed by atoms with E-state index in [0.717, 1.165) is 57.5 Å². The first-order chi connectivity index (χ1) is 11.6. The van der Waals surface area contributed by atoms with Gasteiger partial charge < -0.3 is 9.80 Å². The minimum Gasteiger partial charge on any atom is -0.370 e. The van der Waals surface area contributed by atoms with E-state index < -0.39 is 0 Å². The maximum absolute atomic E-state index is 12.5. The molecule has 24 heavy (non-hydrogen) atoms. The molecule has 2 fully saturated rings. The third-order valence-corrected chi connectivity index (χ3v) is 5.13. The van der Waals surface area contributed by atoms with Crippen LogP contribution in [0.3, 0.4) is 0 Å². The molecule has 1 amide bonds. The lowest BCUT2D eigenvalue weighted by molar-refractivity contribution is -0.135. The molecule has 0 N–H and O–H groups in total. The number of amides is 1. The molecule has 2 heterocycles. The summed E-state index contributed by atoms with van der Waals surface area (Å²) < 4.78 is 0. The lowest BCUT2D eigenvalue weighted by Gasteiger charge is -2.35. The Morgan fingerprint density at radius 1 is 1.12 bits per heavy atom. The van der Waals surface area contributed by atoms with Gasteiger partial charge in [0.2, 0.25) is 5.91 Å². The Morgan fingerprint density at radius 3 is 2.38 bits per heavy atom. The normalized spacial score (nSPS) is 18.5. The lowest BCUT2D eigenvalue weighted by Crippen LogP contribution is -2.41. The van der Waals surface area contributed by atoms with E-state index in [9.17, 15) is 14.9 Å². The van der Waals surface area contributed by atoms with Crippen LogP contribution in [0.2, 0.25) is 0 Å². The summed E-state index contributed by atoms with van der Waals surface area (Å²) in [7, 11) is 0. The van der Waals surface area contributed by atoms with Gasteiger partial charge in [-0.15, -0.1) is 0 Å². The number of anilines is 1. The van der Waals surface area contributed by atoms with Crippen molar-refractivity contribution >= 4 is 17.4 Å². The predicted molar refractivity (Wildman–Crippen MR) is 91.9 cm³/mol. The van der Waals surface area contributed by atoms with E-state index in [4.69, 9.17) is 0 Å². The number of nitriles is 1. The molecule has 0 aliphatic carbocycles. The zero-order chi connectivity index (χ0) is 17.1. The molecule has 1 aromatic carbocycles. The Hall–Kier alpha value is -2.35. The van der Waals surface area contributed by atoms with Crippen LogP contribution in [0.5, 0.6) is 0 Å². The summed E-state index contributed by atoms with van der Waals surface area (Å²) in [6.07, 6.45) is 3.86. The van der Waals surface area contributed by atoms with Crippen molar-refractivity contribution in [3.8, 4) is 6.07 Å². The van der Waals surface area contributed by atoms with Crippen molar-refractivity contribution in [2.75, 3.05) is 31.1 Å². The number of ketones is 1. The number of hydrogen-bond acceptors (Lipinski definition) is 4. The van der Waals surface area contributed by atoms with Gasteiger partial charge in [-0.25, -0.2) is 0 Å². The molecular weight excluding hydrogens is 302 g/mol. The molecule has 2 aliphatic heterocycles. The highest BCUT2D eigenvalue weighted by Gasteiger charge is 2.30. The van der Waals surface area contributed by atoms with E-state index in [-0.39, 0.29) is 11.7 Å². The van der Waals surface area contributed by atoms with Crippen LogP contribution in [0, 0.1) is 17.2 Å². The molecular formula is C19H23N3O2. The first-order valence-electron chi connectivity index (χ1n) is 8.69. The maximum Gasteiger partial charge on any atom is 0.225 e. The number of benzene rings is 1. The van der Waals surface area contributed by atoms with Crippen molar-refractivity contribution in [3.05, 3.63) is 29.3 Å². The van der Waals surface area contributed by atoms with Crippen molar-refractivity contribution in [2.24, 2.45) is 5.92 Å². The maximum atomic E-state index is 12.5. The molecule has 3 rings (SSSR count). The first kappa shape index (κ1) is 16.5. The molecule has 1 aromatic rings. The van der Waals surface area contributed by atoms with Crippen LogP contribution in [0.4, 0.5) is 5.69 Å². The average molecular weight is 325 g/mol. The molecule has 0 radical (unpaired) electrons. The molecule has 0 bridgehead atoms. The lowest BCUT2D eigenvalue weighted by atomic mass is 9.94. The Bertz CT molecular complexity index is 678. The van der Waals surface area contributed by atoms with Crippen molar-refractivity contribution in [1.82, 2.24) is 4.90 Å². The first-order valence-corrected chi connectivity index (χ1v) is 8.69. The number of piperidine rings is 1. The molecule has 5 nitrogen and oxygen atoms in total. The summed E-state index contributed by atoms with van der Waals surface area (Å²) >= 11 is 0. The van der Waals surface area contributed by atoms with Gasteiger partial charge in [0.1, 0.15) is 6.07 Å². The average Bonchev–Trinajstić information content (AvgIpc) is 3.15. The van der Waals surface area contributed by atoms with Crippen LogP contribution in [0.1, 0.15) is 48.5 Å². The highest BCUT2D eigenvalue weighted by atomic mass is 16.2. The molecule has 2 saturated heterocycles. The zero-order valence-electron chi connectivity index (χ0n) is 14.1. The second kappa shape index (κ2) is 7.04. The second-order valence-corrected chi connectivity index (χ2v) is 6.69. The minimum absolute atomic E-state index is 0.000151. The van der Waals surface area contributed by atoms with Crippen molar-refractivity contribution in [2.45, 2.75) is 32.6 Å². The summed E-state index contributed by atoms with van der Waals surface area (Å²) in [6, 6.07) is 7.44. The molecule has 5 heteroatoms. The number of rotatable bonds is 3. The van der Waals surface area contributed by atoms with Crippen LogP contribution in [0.15, 0.2) is 18.2 Å². The molecule has 0 unspecified atom stereocenters. The van der Waals surface area contributed by atoms with Gasteiger partial charge in [-0.3, -0.25) is 9.59 Å². The minimum atomic E-state index is -0.000151. The molecule has 0 aromatic heterocycles. The van der Waals surface area contributed by atoms with E-state index in [1.54, 1.807) is 12.1 Å². The summed E-state index contributed by atoms with van der Waals surface area (Å²) in [6.45, 7) is 4.84. The molecule has 126 valence electrons. The van der Waals surface area contributed by atoms with Gasteiger partial charge in [-0.2, -0.15) is 5.26 Å². The fraction of sp³-hybridized carbons (Fsp3) is 0.526. The van der Waals surface area contributed by atoms with E-state index in [1.807, 2.05) is 11.0 Å². The van der Waals surface area contributed by atoms with E-state index in [1.165, 1.54) is 6.92 Å². The van der Waals surface area contributed by atoms with Gasteiger partial charge in [0.05, 0.1) is 11.3 Å². The van der Waals surface area contributed by atoms with Crippen molar-refractivity contribution in [1.29, 1.82) is 5.26 Å². The fourth-order valence-electron chi connectivity index (χ4n) is 3.67. The van der Waals surface area contributed by atoms with Gasteiger partial charge in [0.25, 0.3) is 0 Å². The number of carbonyl (C=O) groups excluding carboxylic acids is 2. The van der Waals surface area contributed by atoms with Crippen LogP contribution >= 0.6 is 0 Å². The highest BCUT2D eigenvalue weighted by molar-refractivity contribution is 5.95. The van der Waals surface area contributed by atoms with E-state index in [2.05, 4.69) is 11.0 Å². The number of carbonyl (C=O) groups is 2. The second-order valence-electron chi connectivity index (χ2n) is 6.69. The molecule has 0 saturated carbocycles.